The Morgan fingerprint density at radius 2 is 2.03 bits per heavy atom. The molecule has 2 aliphatic heterocycles. The number of likely N-dealkylation sites (tertiary alicyclic amines) is 1. The second-order valence-electron chi connectivity index (χ2n) is 9.25. The molecule has 0 unspecified atom stereocenters. The van der Waals surface area contributed by atoms with E-state index in [0.29, 0.717) is 30.8 Å². The fourth-order valence-electron chi connectivity index (χ4n) is 5.75. The summed E-state index contributed by atoms with van der Waals surface area (Å²) in [5.41, 5.74) is 0.977. The van der Waals surface area contributed by atoms with E-state index in [1.807, 2.05) is 42.5 Å². The van der Waals surface area contributed by atoms with Crippen LogP contribution in [-0.2, 0) is 16.0 Å². The number of carbonyl (C=O) groups excluding carboxylic acids is 1. The van der Waals surface area contributed by atoms with Crippen molar-refractivity contribution in [3.05, 3.63) is 54.2 Å². The third-order valence-corrected chi connectivity index (χ3v) is 7.36. The minimum absolute atomic E-state index is 0.0708. The van der Waals surface area contributed by atoms with Crippen LogP contribution in [0.25, 0.3) is 0 Å². The summed E-state index contributed by atoms with van der Waals surface area (Å²) in [6.45, 7) is 4.14. The predicted octanol–water partition coefficient (Wildman–Crippen LogP) is 2.79. The molecule has 1 aromatic carbocycles. The molecule has 1 aliphatic carbocycles. The first-order valence-electron chi connectivity index (χ1n) is 12.0. The minimum Gasteiger partial charge on any atom is -0.497 e. The molecule has 1 amide bonds. The van der Waals surface area contributed by atoms with Crippen LogP contribution in [0.1, 0.15) is 24.8 Å². The quantitative estimate of drug-likeness (QED) is 0.673. The van der Waals surface area contributed by atoms with Crippen molar-refractivity contribution >= 4 is 5.91 Å². The van der Waals surface area contributed by atoms with Crippen molar-refractivity contribution < 1.29 is 19.0 Å². The molecule has 2 bridgehead atoms. The molecule has 176 valence electrons. The molecule has 3 aliphatic rings. The Balaban J connectivity index is 1.35. The van der Waals surface area contributed by atoms with E-state index >= 15 is 0 Å². The molecule has 3 fully saturated rings. The molecule has 3 heterocycles. The third-order valence-electron chi connectivity index (χ3n) is 7.36. The highest BCUT2D eigenvalue weighted by atomic mass is 16.5. The van der Waals surface area contributed by atoms with Crippen LogP contribution >= 0.6 is 0 Å². The molecule has 7 nitrogen and oxygen atoms in total. The first-order valence-corrected chi connectivity index (χ1v) is 12.0. The van der Waals surface area contributed by atoms with Gasteiger partial charge in [0.1, 0.15) is 11.9 Å². The number of rotatable bonds is 6. The van der Waals surface area contributed by atoms with Gasteiger partial charge in [0.25, 0.3) is 0 Å². The standard InChI is InChI=1S/C26H33N3O4/c1-31-21-6-4-5-19(15-21)16-26(30)29-18-24(33-25-7-2-3-10-27-25)22-17-20(29)8-9-23(22)28-11-13-32-14-12-28/h2-7,10,15,20,22-24H,8-9,11-14,16-18H2,1H3/t20-,22-,23+,24-/m0/s1. The summed E-state index contributed by atoms with van der Waals surface area (Å²) in [5, 5.41) is 0. The average Bonchev–Trinajstić information content (AvgIpc) is 2.87. The van der Waals surface area contributed by atoms with Crippen LogP contribution in [0.4, 0.5) is 0 Å². The molecule has 2 saturated heterocycles. The van der Waals surface area contributed by atoms with Gasteiger partial charge >= 0.3 is 0 Å². The van der Waals surface area contributed by atoms with E-state index in [0.717, 1.165) is 56.9 Å². The monoisotopic (exact) mass is 451 g/mol. The van der Waals surface area contributed by atoms with Crippen LogP contribution in [0.15, 0.2) is 48.7 Å². The first-order chi connectivity index (χ1) is 16.2. The molecule has 1 aromatic heterocycles. The Bertz CT molecular complexity index is 934. The Morgan fingerprint density at radius 3 is 2.82 bits per heavy atom. The Hall–Kier alpha value is -2.64. The molecule has 33 heavy (non-hydrogen) atoms. The van der Waals surface area contributed by atoms with Gasteiger partial charge in [-0.3, -0.25) is 9.69 Å². The lowest BCUT2D eigenvalue weighted by molar-refractivity contribution is -0.144. The molecule has 0 N–H and O–H groups in total. The number of piperidine rings is 1. The number of ether oxygens (including phenoxy) is 3. The first kappa shape index (κ1) is 22.2. The normalized spacial score (nSPS) is 27.7. The average molecular weight is 452 g/mol. The number of amides is 1. The number of hydrogen-bond donors (Lipinski definition) is 0. The lowest BCUT2D eigenvalue weighted by atomic mass is 9.73. The van der Waals surface area contributed by atoms with E-state index in [4.69, 9.17) is 14.2 Å². The van der Waals surface area contributed by atoms with Crippen molar-refractivity contribution in [3.63, 3.8) is 0 Å². The maximum absolute atomic E-state index is 13.4. The van der Waals surface area contributed by atoms with Gasteiger partial charge in [0.05, 0.1) is 33.3 Å². The van der Waals surface area contributed by atoms with Gasteiger partial charge in [0, 0.05) is 43.4 Å². The maximum Gasteiger partial charge on any atom is 0.227 e. The number of hydrogen-bond acceptors (Lipinski definition) is 6. The minimum atomic E-state index is -0.0708. The van der Waals surface area contributed by atoms with E-state index < -0.39 is 0 Å². The van der Waals surface area contributed by atoms with Gasteiger partial charge < -0.3 is 19.1 Å². The molecule has 5 rings (SSSR count). The maximum atomic E-state index is 13.4. The Kier molecular flexibility index (Phi) is 6.78. The van der Waals surface area contributed by atoms with E-state index in [1.165, 1.54) is 0 Å². The van der Waals surface area contributed by atoms with Crippen LogP contribution in [-0.4, -0.2) is 78.8 Å². The summed E-state index contributed by atoms with van der Waals surface area (Å²) in [6.07, 6.45) is 5.16. The molecule has 0 radical (unpaired) electrons. The zero-order chi connectivity index (χ0) is 22.6. The summed E-state index contributed by atoms with van der Waals surface area (Å²) in [7, 11) is 1.65. The number of pyridine rings is 1. The summed E-state index contributed by atoms with van der Waals surface area (Å²) in [5.74, 6) is 1.95. The van der Waals surface area contributed by atoms with Gasteiger partial charge in [-0.1, -0.05) is 18.2 Å². The summed E-state index contributed by atoms with van der Waals surface area (Å²) in [6, 6.07) is 14.3. The highest BCUT2D eigenvalue weighted by Gasteiger charge is 2.47. The molecule has 1 saturated carbocycles. The van der Waals surface area contributed by atoms with Crippen molar-refractivity contribution in [2.45, 2.75) is 43.9 Å². The van der Waals surface area contributed by atoms with Gasteiger partial charge in [0.15, 0.2) is 0 Å². The van der Waals surface area contributed by atoms with Crippen LogP contribution in [0, 0.1) is 5.92 Å². The van der Waals surface area contributed by atoms with Gasteiger partial charge in [-0.05, 0) is 43.0 Å². The van der Waals surface area contributed by atoms with E-state index in [1.54, 1.807) is 13.3 Å². The molecular weight excluding hydrogens is 418 g/mol. The summed E-state index contributed by atoms with van der Waals surface area (Å²) in [4.78, 5) is 22.5. The van der Waals surface area contributed by atoms with Crippen molar-refractivity contribution in [2.24, 2.45) is 5.92 Å². The van der Waals surface area contributed by atoms with Crippen LogP contribution < -0.4 is 9.47 Å². The molecule has 7 heteroatoms. The van der Waals surface area contributed by atoms with E-state index in [9.17, 15) is 4.79 Å². The highest BCUT2D eigenvalue weighted by Crippen LogP contribution is 2.39. The van der Waals surface area contributed by atoms with E-state index in [-0.39, 0.29) is 18.1 Å². The lowest BCUT2D eigenvalue weighted by Crippen LogP contribution is -2.63. The fraction of sp³-hybridized carbons (Fsp3) is 0.538. The number of methoxy groups -OCH3 is 1. The highest BCUT2D eigenvalue weighted by molar-refractivity contribution is 5.79. The smallest absolute Gasteiger partial charge is 0.227 e. The largest absolute Gasteiger partial charge is 0.497 e. The SMILES string of the molecule is COc1cccc(CC(=O)N2C[C@H](Oc3ccccn3)[C@H]3C[C@@H]2CC[C@H]3N2CCOCC2)c1. The number of nitrogens with zero attached hydrogens (tertiary/aromatic N) is 3. The Morgan fingerprint density at radius 1 is 1.15 bits per heavy atom. The second kappa shape index (κ2) is 10.1. The van der Waals surface area contributed by atoms with Crippen molar-refractivity contribution in [3.8, 4) is 11.6 Å². The topological polar surface area (TPSA) is 64.1 Å². The summed E-state index contributed by atoms with van der Waals surface area (Å²) >= 11 is 0. The molecule has 2 aromatic rings. The molecule has 4 atom stereocenters. The number of morpholine rings is 1. The fourth-order valence-corrected chi connectivity index (χ4v) is 5.75. The van der Waals surface area contributed by atoms with Gasteiger partial charge in [-0.2, -0.15) is 0 Å². The molecule has 0 spiro atoms. The van der Waals surface area contributed by atoms with Gasteiger partial charge in [0.2, 0.25) is 11.8 Å². The number of benzene rings is 1. The van der Waals surface area contributed by atoms with Gasteiger partial charge in [-0.15, -0.1) is 0 Å². The van der Waals surface area contributed by atoms with Crippen LogP contribution in [0.2, 0.25) is 0 Å². The second-order valence-corrected chi connectivity index (χ2v) is 9.25. The van der Waals surface area contributed by atoms with Crippen LogP contribution in [0.3, 0.4) is 0 Å². The zero-order valence-corrected chi connectivity index (χ0v) is 19.3. The van der Waals surface area contributed by atoms with Crippen LogP contribution in [0.5, 0.6) is 11.6 Å². The lowest BCUT2D eigenvalue weighted by Gasteiger charge is -2.53. The zero-order valence-electron chi connectivity index (χ0n) is 19.3. The van der Waals surface area contributed by atoms with Crippen molar-refractivity contribution in [2.75, 3.05) is 40.0 Å². The summed E-state index contributed by atoms with van der Waals surface area (Å²) < 4.78 is 17.4. The molecular formula is C26H33N3O4. The number of aromatic nitrogens is 1. The van der Waals surface area contributed by atoms with Gasteiger partial charge in [-0.25, -0.2) is 4.98 Å². The predicted molar refractivity (Wildman–Crippen MR) is 124 cm³/mol. The Labute approximate surface area is 195 Å². The third kappa shape index (κ3) is 4.99. The van der Waals surface area contributed by atoms with Crippen molar-refractivity contribution in [1.29, 1.82) is 0 Å². The van der Waals surface area contributed by atoms with Crippen molar-refractivity contribution in [1.82, 2.24) is 14.8 Å². The van der Waals surface area contributed by atoms with E-state index in [2.05, 4.69) is 14.8 Å². The number of fused-ring (bicyclic) bond motifs is 2. The number of carbonyl (C=O) groups is 1.